The fourth-order valence-electron chi connectivity index (χ4n) is 2.66. The molecule has 0 aromatic carbocycles. The number of rotatable bonds is 11. The van der Waals surface area contributed by atoms with E-state index in [0.717, 1.165) is 31.1 Å². The molecule has 1 saturated heterocycles. The van der Waals surface area contributed by atoms with Crippen molar-refractivity contribution in [3.8, 4) is 0 Å². The third-order valence-electron chi connectivity index (χ3n) is 3.91. The minimum Gasteiger partial charge on any atom is -0.332 e. The lowest BCUT2D eigenvalue weighted by Gasteiger charge is -2.33. The summed E-state index contributed by atoms with van der Waals surface area (Å²) in [5.41, 5.74) is 0. The summed E-state index contributed by atoms with van der Waals surface area (Å²) < 4.78 is 0. The molecule has 0 N–H and O–H groups in total. The van der Waals surface area contributed by atoms with Crippen molar-refractivity contribution in [2.24, 2.45) is 0 Å². The summed E-state index contributed by atoms with van der Waals surface area (Å²) in [6.45, 7) is 4.03. The molecule has 0 aromatic rings. The van der Waals surface area contributed by atoms with Gasteiger partial charge >= 0.3 is 0 Å². The van der Waals surface area contributed by atoms with Gasteiger partial charge in [-0.1, -0.05) is 55.0 Å². The molecule has 122 valence electrons. The van der Waals surface area contributed by atoms with Crippen LogP contribution in [0, 0.1) is 0 Å². The zero-order valence-corrected chi connectivity index (χ0v) is 14.9. The number of hydrogen-bond donors (Lipinski definition) is 0. The van der Waals surface area contributed by atoms with Gasteiger partial charge in [0.15, 0.2) is 0 Å². The molecular formula is C16H29BrN2O2. The van der Waals surface area contributed by atoms with Crippen LogP contribution in [0.5, 0.6) is 0 Å². The summed E-state index contributed by atoms with van der Waals surface area (Å²) in [7, 11) is 0. The first-order chi connectivity index (χ1) is 10.2. The molecule has 0 aliphatic carbocycles. The lowest BCUT2D eigenvalue weighted by Crippen LogP contribution is -2.53. The largest absolute Gasteiger partial charge is 0.332 e. The van der Waals surface area contributed by atoms with Gasteiger partial charge in [0.1, 0.15) is 0 Å². The van der Waals surface area contributed by atoms with Crippen LogP contribution in [0.2, 0.25) is 0 Å². The molecule has 0 atom stereocenters. The molecular weight excluding hydrogens is 332 g/mol. The smallest absolute Gasteiger partial charge is 0.242 e. The van der Waals surface area contributed by atoms with Crippen molar-refractivity contribution in [1.82, 2.24) is 9.80 Å². The van der Waals surface area contributed by atoms with Crippen molar-refractivity contribution in [2.45, 2.75) is 58.3 Å². The number of carbonyl (C=O) groups excluding carboxylic acids is 2. The van der Waals surface area contributed by atoms with E-state index in [9.17, 15) is 9.59 Å². The molecule has 1 rings (SSSR count). The van der Waals surface area contributed by atoms with E-state index < -0.39 is 0 Å². The van der Waals surface area contributed by atoms with Crippen LogP contribution in [-0.2, 0) is 9.59 Å². The Bertz CT molecular complexity index is 323. The number of unbranched alkanes of at least 4 members (excludes halogenated alkanes) is 6. The van der Waals surface area contributed by atoms with Gasteiger partial charge in [0.25, 0.3) is 0 Å². The molecule has 2 amide bonds. The van der Waals surface area contributed by atoms with Gasteiger partial charge < -0.3 is 9.80 Å². The highest BCUT2D eigenvalue weighted by Gasteiger charge is 2.28. The van der Waals surface area contributed by atoms with Gasteiger partial charge in [-0.25, -0.2) is 0 Å². The third kappa shape index (κ3) is 7.30. The first-order valence-electron chi connectivity index (χ1n) is 8.30. The Labute approximate surface area is 137 Å². The summed E-state index contributed by atoms with van der Waals surface area (Å²) in [4.78, 5) is 27.3. The Morgan fingerprint density at radius 1 is 0.810 bits per heavy atom. The molecule has 0 spiro atoms. The normalized spacial score (nSPS) is 15.9. The van der Waals surface area contributed by atoms with Gasteiger partial charge in [-0.05, 0) is 19.3 Å². The highest BCUT2D eigenvalue weighted by atomic mass is 79.9. The third-order valence-corrected chi connectivity index (χ3v) is 4.47. The number of hydrogen-bond acceptors (Lipinski definition) is 2. The fourth-order valence-corrected chi connectivity index (χ4v) is 3.06. The van der Waals surface area contributed by atoms with Crippen LogP contribution in [-0.4, -0.2) is 53.1 Å². The van der Waals surface area contributed by atoms with Crippen molar-refractivity contribution < 1.29 is 9.59 Å². The molecule has 4 nitrogen and oxygen atoms in total. The summed E-state index contributed by atoms with van der Waals surface area (Å²) in [5, 5.41) is 1.10. The Morgan fingerprint density at radius 2 is 1.29 bits per heavy atom. The standard InChI is InChI=1S/C16H29BrN2O2/c1-2-11-18-13-16(21)19(14-15(18)20)12-9-7-5-3-4-6-8-10-17/h2-14H2,1H3. The Hall–Kier alpha value is -0.580. The number of piperazine rings is 1. The van der Waals surface area contributed by atoms with E-state index >= 15 is 0 Å². The van der Waals surface area contributed by atoms with Gasteiger partial charge in [-0.2, -0.15) is 0 Å². The molecule has 1 aliphatic rings. The number of alkyl halides is 1. The lowest BCUT2D eigenvalue weighted by molar-refractivity contribution is -0.150. The fraction of sp³-hybridized carbons (Fsp3) is 0.875. The van der Waals surface area contributed by atoms with Crippen LogP contribution < -0.4 is 0 Å². The molecule has 0 radical (unpaired) electrons. The SMILES string of the molecule is CCCN1CC(=O)N(CCCCCCCCCBr)CC1=O. The van der Waals surface area contributed by atoms with Crippen molar-refractivity contribution in [3.63, 3.8) is 0 Å². The monoisotopic (exact) mass is 360 g/mol. The van der Waals surface area contributed by atoms with Crippen LogP contribution in [0.4, 0.5) is 0 Å². The Kier molecular flexibility index (Phi) is 9.72. The van der Waals surface area contributed by atoms with Gasteiger partial charge in [0.2, 0.25) is 11.8 Å². The predicted octanol–water partition coefficient (Wildman–Crippen LogP) is 3.19. The predicted molar refractivity (Wildman–Crippen MR) is 89.6 cm³/mol. The van der Waals surface area contributed by atoms with Gasteiger partial charge in [-0.3, -0.25) is 9.59 Å². The number of halogens is 1. The first-order valence-corrected chi connectivity index (χ1v) is 9.42. The van der Waals surface area contributed by atoms with Crippen LogP contribution in [0.25, 0.3) is 0 Å². The zero-order valence-electron chi connectivity index (χ0n) is 13.3. The van der Waals surface area contributed by atoms with Crippen LogP contribution in [0.1, 0.15) is 58.3 Å². The van der Waals surface area contributed by atoms with E-state index in [2.05, 4.69) is 15.9 Å². The van der Waals surface area contributed by atoms with E-state index in [1.54, 1.807) is 9.80 Å². The molecule has 0 bridgehead atoms. The summed E-state index contributed by atoms with van der Waals surface area (Å²) in [5.74, 6) is 0.214. The molecule has 1 heterocycles. The van der Waals surface area contributed by atoms with E-state index in [1.165, 1.54) is 32.1 Å². The topological polar surface area (TPSA) is 40.6 Å². The second-order valence-corrected chi connectivity index (χ2v) is 6.59. The van der Waals surface area contributed by atoms with Gasteiger partial charge in [-0.15, -0.1) is 0 Å². The maximum absolute atomic E-state index is 12.0. The minimum absolute atomic E-state index is 0.103. The number of carbonyl (C=O) groups is 2. The highest BCUT2D eigenvalue weighted by molar-refractivity contribution is 9.09. The molecule has 0 aromatic heterocycles. The lowest BCUT2D eigenvalue weighted by atomic mass is 10.1. The first kappa shape index (κ1) is 18.5. The maximum Gasteiger partial charge on any atom is 0.242 e. The maximum atomic E-state index is 12.0. The van der Waals surface area contributed by atoms with E-state index in [4.69, 9.17) is 0 Å². The van der Waals surface area contributed by atoms with E-state index in [0.29, 0.717) is 6.54 Å². The molecule has 21 heavy (non-hydrogen) atoms. The number of nitrogens with zero attached hydrogens (tertiary/aromatic N) is 2. The quantitative estimate of drug-likeness (QED) is 0.419. The number of amides is 2. The van der Waals surface area contributed by atoms with Gasteiger partial charge in [0, 0.05) is 18.4 Å². The summed E-state index contributed by atoms with van der Waals surface area (Å²) >= 11 is 3.44. The summed E-state index contributed by atoms with van der Waals surface area (Å²) in [6.07, 6.45) is 9.48. The molecule has 1 aliphatic heterocycles. The van der Waals surface area contributed by atoms with Crippen molar-refractivity contribution >= 4 is 27.7 Å². The average Bonchev–Trinajstić information content (AvgIpc) is 2.46. The van der Waals surface area contributed by atoms with Crippen LogP contribution >= 0.6 is 15.9 Å². The van der Waals surface area contributed by atoms with Crippen molar-refractivity contribution in [1.29, 1.82) is 0 Å². The Balaban J connectivity index is 2.10. The molecule has 0 saturated carbocycles. The van der Waals surface area contributed by atoms with E-state index in [1.807, 2.05) is 6.92 Å². The van der Waals surface area contributed by atoms with Crippen LogP contribution in [0.3, 0.4) is 0 Å². The second-order valence-electron chi connectivity index (χ2n) is 5.79. The van der Waals surface area contributed by atoms with E-state index in [-0.39, 0.29) is 24.9 Å². The van der Waals surface area contributed by atoms with Crippen molar-refractivity contribution in [2.75, 3.05) is 31.5 Å². The minimum atomic E-state index is 0.103. The average molecular weight is 361 g/mol. The second kappa shape index (κ2) is 11.0. The van der Waals surface area contributed by atoms with Crippen LogP contribution in [0.15, 0.2) is 0 Å². The summed E-state index contributed by atoms with van der Waals surface area (Å²) in [6, 6.07) is 0. The Morgan fingerprint density at radius 3 is 1.81 bits per heavy atom. The zero-order chi connectivity index (χ0) is 15.5. The molecule has 5 heteroatoms. The highest BCUT2D eigenvalue weighted by Crippen LogP contribution is 2.11. The molecule has 1 fully saturated rings. The molecule has 0 unspecified atom stereocenters. The van der Waals surface area contributed by atoms with Gasteiger partial charge in [0.05, 0.1) is 13.1 Å². The van der Waals surface area contributed by atoms with Crippen molar-refractivity contribution in [3.05, 3.63) is 0 Å².